The monoisotopic (exact) mass is 293 g/mol. The van der Waals surface area contributed by atoms with Gasteiger partial charge in [0, 0.05) is 12.6 Å². The first-order valence-corrected chi connectivity index (χ1v) is 6.91. The minimum atomic E-state index is -0.277. The number of likely N-dealkylation sites (N-methyl/N-ethyl adjacent to an activating group) is 1. The van der Waals surface area contributed by atoms with E-state index in [1.54, 1.807) is 18.2 Å². The first-order valence-electron chi connectivity index (χ1n) is 6.91. The largest absolute Gasteiger partial charge is 0.494 e. The third-order valence-electron chi connectivity index (χ3n) is 2.93. The molecule has 0 atom stereocenters. The molecule has 0 bridgehead atoms. The molecule has 0 radical (unpaired) electrons. The Morgan fingerprint density at radius 2 is 2.05 bits per heavy atom. The summed E-state index contributed by atoms with van der Waals surface area (Å²) in [5, 5.41) is 2.77. The third kappa shape index (κ3) is 4.37. The Kier molecular flexibility index (Phi) is 6.02. The Hall–Kier alpha value is -2.24. The molecule has 0 saturated carbocycles. The summed E-state index contributed by atoms with van der Waals surface area (Å²) in [5.74, 6) is -0.131. The van der Waals surface area contributed by atoms with E-state index in [2.05, 4.69) is 5.32 Å². The minimum Gasteiger partial charge on any atom is -0.494 e. The number of carbonyl (C=O) groups excluding carboxylic acids is 2. The number of amides is 2. The molecule has 0 aliphatic carbocycles. The van der Waals surface area contributed by atoms with Crippen LogP contribution in [0.25, 0.3) is 0 Å². The fourth-order valence-electron chi connectivity index (χ4n) is 1.99. The number of nitrogens with one attached hydrogen (secondary N) is 1. The van der Waals surface area contributed by atoms with E-state index in [1.165, 1.54) is 12.0 Å². The van der Waals surface area contributed by atoms with Gasteiger partial charge in [-0.2, -0.15) is 0 Å². The van der Waals surface area contributed by atoms with Crippen LogP contribution in [0.15, 0.2) is 18.2 Å². The Morgan fingerprint density at radius 3 is 2.57 bits per heavy atom. The fourth-order valence-corrected chi connectivity index (χ4v) is 1.99. The molecule has 0 aromatic heterocycles. The summed E-state index contributed by atoms with van der Waals surface area (Å²) >= 11 is 0. The van der Waals surface area contributed by atoms with Crippen LogP contribution in [0.4, 0.5) is 5.69 Å². The van der Waals surface area contributed by atoms with Gasteiger partial charge in [0.25, 0.3) is 5.91 Å². The first-order chi connectivity index (χ1) is 9.90. The van der Waals surface area contributed by atoms with Gasteiger partial charge in [0.1, 0.15) is 0 Å². The van der Waals surface area contributed by atoms with Crippen molar-refractivity contribution in [3.63, 3.8) is 0 Å². The van der Waals surface area contributed by atoms with E-state index >= 15 is 0 Å². The van der Waals surface area contributed by atoms with Gasteiger partial charge < -0.3 is 20.7 Å². The Bertz CT molecular complexity index is 515. The van der Waals surface area contributed by atoms with Crippen molar-refractivity contribution in [1.82, 2.24) is 10.2 Å². The SMILES string of the molecule is CCN(CC(=O)NC(C)C)C(=O)c1cccc(N)c1OC. The molecule has 0 aliphatic rings. The van der Waals surface area contributed by atoms with Crippen LogP contribution < -0.4 is 15.8 Å². The maximum atomic E-state index is 12.5. The van der Waals surface area contributed by atoms with Gasteiger partial charge in [-0.3, -0.25) is 9.59 Å². The summed E-state index contributed by atoms with van der Waals surface area (Å²) < 4.78 is 5.19. The van der Waals surface area contributed by atoms with E-state index < -0.39 is 0 Å². The molecule has 0 aliphatic heterocycles. The van der Waals surface area contributed by atoms with Gasteiger partial charge in [0.15, 0.2) is 5.75 Å². The van der Waals surface area contributed by atoms with Crippen molar-refractivity contribution in [3.05, 3.63) is 23.8 Å². The molecule has 0 saturated heterocycles. The molecule has 2 amide bonds. The zero-order valence-electron chi connectivity index (χ0n) is 13.0. The van der Waals surface area contributed by atoms with Gasteiger partial charge >= 0.3 is 0 Å². The number of para-hydroxylation sites is 1. The molecule has 0 unspecified atom stereocenters. The van der Waals surface area contributed by atoms with E-state index in [0.29, 0.717) is 23.5 Å². The summed E-state index contributed by atoms with van der Waals surface area (Å²) in [4.78, 5) is 25.8. The van der Waals surface area contributed by atoms with E-state index in [-0.39, 0.29) is 24.4 Å². The fraction of sp³-hybridized carbons (Fsp3) is 0.467. The molecule has 0 spiro atoms. The van der Waals surface area contributed by atoms with Crippen LogP contribution in [0.3, 0.4) is 0 Å². The molecule has 1 rings (SSSR count). The van der Waals surface area contributed by atoms with Crippen LogP contribution in [-0.4, -0.2) is 43.0 Å². The molecule has 1 aromatic carbocycles. The summed E-state index contributed by atoms with van der Waals surface area (Å²) in [6.07, 6.45) is 0. The van der Waals surface area contributed by atoms with Crippen molar-refractivity contribution in [2.45, 2.75) is 26.8 Å². The number of nitrogens with zero attached hydrogens (tertiary/aromatic N) is 1. The zero-order valence-corrected chi connectivity index (χ0v) is 13.0. The minimum absolute atomic E-state index is 0.00542. The topological polar surface area (TPSA) is 84.7 Å². The molecule has 3 N–H and O–H groups in total. The van der Waals surface area contributed by atoms with Gasteiger partial charge in [0.2, 0.25) is 5.91 Å². The second kappa shape index (κ2) is 7.52. The molecule has 6 heteroatoms. The molecule has 116 valence electrons. The maximum absolute atomic E-state index is 12.5. The molecule has 1 aromatic rings. The number of methoxy groups -OCH3 is 1. The van der Waals surface area contributed by atoms with Gasteiger partial charge in [-0.25, -0.2) is 0 Å². The lowest BCUT2D eigenvalue weighted by molar-refractivity contribution is -0.122. The molecule has 0 heterocycles. The summed E-state index contributed by atoms with van der Waals surface area (Å²) in [7, 11) is 1.46. The Balaban J connectivity index is 2.94. The molecular formula is C15H23N3O3. The van der Waals surface area contributed by atoms with Crippen LogP contribution in [0.2, 0.25) is 0 Å². The standard InChI is InChI=1S/C15H23N3O3/c1-5-18(9-13(19)17-10(2)3)15(20)11-7-6-8-12(16)14(11)21-4/h6-8,10H,5,9,16H2,1-4H3,(H,17,19). The van der Waals surface area contributed by atoms with Crippen LogP contribution in [0.1, 0.15) is 31.1 Å². The number of anilines is 1. The Morgan fingerprint density at radius 1 is 1.38 bits per heavy atom. The van der Waals surface area contributed by atoms with Crippen molar-refractivity contribution >= 4 is 17.5 Å². The highest BCUT2D eigenvalue weighted by atomic mass is 16.5. The number of carbonyl (C=O) groups is 2. The van der Waals surface area contributed by atoms with E-state index in [0.717, 1.165) is 0 Å². The zero-order chi connectivity index (χ0) is 16.0. The maximum Gasteiger partial charge on any atom is 0.258 e. The van der Waals surface area contributed by atoms with E-state index in [9.17, 15) is 9.59 Å². The van der Waals surface area contributed by atoms with Gasteiger partial charge in [0.05, 0.1) is 24.9 Å². The predicted molar refractivity (Wildman–Crippen MR) is 82.3 cm³/mol. The van der Waals surface area contributed by atoms with Crippen LogP contribution in [0.5, 0.6) is 5.75 Å². The summed E-state index contributed by atoms with van der Waals surface area (Å²) in [6, 6.07) is 5.03. The predicted octanol–water partition coefficient (Wildman–Crippen LogP) is 1.26. The smallest absolute Gasteiger partial charge is 0.258 e. The molecule has 0 fully saturated rings. The van der Waals surface area contributed by atoms with Crippen molar-refractivity contribution in [1.29, 1.82) is 0 Å². The quantitative estimate of drug-likeness (QED) is 0.773. The number of ether oxygens (including phenoxy) is 1. The van der Waals surface area contributed by atoms with Crippen LogP contribution >= 0.6 is 0 Å². The number of nitrogen functional groups attached to an aromatic ring is 1. The summed E-state index contributed by atoms with van der Waals surface area (Å²) in [5.41, 5.74) is 6.56. The third-order valence-corrected chi connectivity index (χ3v) is 2.93. The highest BCUT2D eigenvalue weighted by molar-refractivity contribution is 6.00. The average Bonchev–Trinajstić information content (AvgIpc) is 2.42. The first kappa shape index (κ1) is 16.8. The van der Waals surface area contributed by atoms with Crippen LogP contribution in [0, 0.1) is 0 Å². The van der Waals surface area contributed by atoms with Crippen LogP contribution in [-0.2, 0) is 4.79 Å². The average molecular weight is 293 g/mol. The molecule has 6 nitrogen and oxygen atoms in total. The number of nitrogens with two attached hydrogens (primary N) is 1. The number of hydrogen-bond acceptors (Lipinski definition) is 4. The van der Waals surface area contributed by atoms with E-state index in [1.807, 2.05) is 20.8 Å². The lowest BCUT2D eigenvalue weighted by Crippen LogP contribution is -2.42. The Labute approximate surface area is 125 Å². The highest BCUT2D eigenvalue weighted by Crippen LogP contribution is 2.26. The number of rotatable bonds is 6. The molecular weight excluding hydrogens is 270 g/mol. The van der Waals surface area contributed by atoms with Gasteiger partial charge in [-0.15, -0.1) is 0 Å². The van der Waals surface area contributed by atoms with Crippen molar-refractivity contribution in [2.75, 3.05) is 25.9 Å². The lowest BCUT2D eigenvalue weighted by atomic mass is 10.1. The lowest BCUT2D eigenvalue weighted by Gasteiger charge is -2.22. The second-order valence-electron chi connectivity index (χ2n) is 4.97. The van der Waals surface area contributed by atoms with Crippen molar-refractivity contribution in [3.8, 4) is 5.75 Å². The summed E-state index contributed by atoms with van der Waals surface area (Å²) in [6.45, 7) is 5.99. The van der Waals surface area contributed by atoms with Crippen molar-refractivity contribution in [2.24, 2.45) is 0 Å². The normalized spacial score (nSPS) is 10.3. The second-order valence-corrected chi connectivity index (χ2v) is 4.97. The number of hydrogen-bond donors (Lipinski definition) is 2. The highest BCUT2D eigenvalue weighted by Gasteiger charge is 2.21. The van der Waals surface area contributed by atoms with Gasteiger partial charge in [-0.1, -0.05) is 6.07 Å². The molecule has 21 heavy (non-hydrogen) atoms. The number of benzene rings is 1. The van der Waals surface area contributed by atoms with Gasteiger partial charge in [-0.05, 0) is 32.9 Å². The van der Waals surface area contributed by atoms with E-state index in [4.69, 9.17) is 10.5 Å². The van der Waals surface area contributed by atoms with Crippen molar-refractivity contribution < 1.29 is 14.3 Å².